The fourth-order valence-electron chi connectivity index (χ4n) is 14.1. The number of carbonyl (C=O) groups excluding carboxylic acids is 7. The van der Waals surface area contributed by atoms with E-state index >= 15 is 14.4 Å². The molecule has 6 rings (SSSR count). The minimum atomic E-state index is -1.10. The second-order valence-corrected chi connectivity index (χ2v) is 32.1. The summed E-state index contributed by atoms with van der Waals surface area (Å²) in [6.45, 7) is 21.2. The van der Waals surface area contributed by atoms with Crippen LogP contribution in [0.3, 0.4) is 0 Å². The van der Waals surface area contributed by atoms with Gasteiger partial charge in [-0.25, -0.2) is 9.59 Å². The summed E-state index contributed by atoms with van der Waals surface area (Å²) in [5.41, 5.74) is -11.4. The molecule has 0 fully saturated rings. The number of pyridine rings is 6. The van der Waals surface area contributed by atoms with Crippen LogP contribution in [0.4, 0.5) is 38.9 Å². The van der Waals surface area contributed by atoms with Gasteiger partial charge >= 0.3 is 12.1 Å². The molecule has 0 aliphatic carbocycles. The average Bonchev–Trinajstić information content (AvgIpc) is 0.805. The number of nitrogens with one attached hydrogen (secondary N) is 6. The number of esters is 1. The van der Waals surface area contributed by atoms with Crippen LogP contribution in [0.1, 0.15) is 363 Å². The van der Waals surface area contributed by atoms with E-state index in [2.05, 4.69) is 73.4 Å². The van der Waals surface area contributed by atoms with Crippen molar-refractivity contribution in [2.45, 2.75) is 345 Å². The Kier molecular flexibility index (Phi) is 42.5. The molecular formula is C91H134N12O15. The molecule has 0 aromatic carbocycles. The Bertz CT molecular complexity index is 4650. The zero-order valence-corrected chi connectivity index (χ0v) is 72.1. The van der Waals surface area contributed by atoms with E-state index in [0.717, 1.165) is 193 Å². The first-order valence-corrected chi connectivity index (χ1v) is 44.0. The van der Waals surface area contributed by atoms with Crippen LogP contribution in [0.15, 0.2) is 103 Å². The topological polar surface area (TPSA) is 342 Å². The maximum atomic E-state index is 15.1. The molecule has 0 aliphatic heterocycles. The molecule has 6 heterocycles. The van der Waals surface area contributed by atoms with Gasteiger partial charge in [-0.2, -0.15) is 0 Å². The zero-order chi connectivity index (χ0) is 85.9. The molecule has 648 valence electrons. The molecule has 6 N–H and O–H groups in total. The summed E-state index contributed by atoms with van der Waals surface area (Å²) < 4.78 is 20.3. The predicted molar refractivity (Wildman–Crippen MR) is 470 cm³/mol. The number of anilines is 6. The van der Waals surface area contributed by atoms with Crippen molar-refractivity contribution in [1.82, 2.24) is 27.4 Å². The Labute approximate surface area is 695 Å². The minimum absolute atomic E-state index is 0.0157. The second-order valence-electron chi connectivity index (χ2n) is 32.1. The van der Waals surface area contributed by atoms with E-state index in [0.29, 0.717) is 58.2 Å². The molecular weight excluding hydrogens is 1500 g/mol. The summed E-state index contributed by atoms with van der Waals surface area (Å²) in [4.78, 5) is 189. The van der Waals surface area contributed by atoms with Crippen LogP contribution in [-0.4, -0.2) is 81.2 Å². The highest BCUT2D eigenvalue weighted by Gasteiger charge is 2.28. The Hall–Kier alpha value is -10.2. The van der Waals surface area contributed by atoms with Crippen LogP contribution < -0.4 is 64.5 Å². The number of hydrogen-bond acceptors (Lipinski definition) is 15. The minimum Gasteiger partial charge on any atom is -0.462 e. The van der Waals surface area contributed by atoms with E-state index in [1.807, 2.05) is 0 Å². The Morgan fingerprint density at radius 2 is 0.432 bits per heavy atom. The molecule has 27 heteroatoms. The van der Waals surface area contributed by atoms with Gasteiger partial charge in [0.15, 0.2) is 0 Å². The third kappa shape index (κ3) is 32.3. The molecule has 0 atom stereocenters. The first-order chi connectivity index (χ1) is 56.8. The van der Waals surface area contributed by atoms with Crippen LogP contribution in [0, 0.1) is 0 Å². The van der Waals surface area contributed by atoms with Gasteiger partial charge in [-0.1, -0.05) is 234 Å². The van der Waals surface area contributed by atoms with E-state index in [1.54, 1.807) is 55.1 Å². The van der Waals surface area contributed by atoms with Gasteiger partial charge in [-0.05, 0) is 66.2 Å². The molecule has 0 spiro atoms. The van der Waals surface area contributed by atoms with Crippen molar-refractivity contribution in [3.8, 4) is 0 Å². The summed E-state index contributed by atoms with van der Waals surface area (Å²) in [6, 6.07) is 0. The van der Waals surface area contributed by atoms with E-state index < -0.39 is 119 Å². The number of nitrogens with zero attached hydrogens (tertiary/aromatic N) is 6. The monoisotopic (exact) mass is 1640 g/mol. The number of carbonyl (C=O) groups is 7. The van der Waals surface area contributed by atoms with Crippen LogP contribution >= 0.6 is 0 Å². The van der Waals surface area contributed by atoms with Crippen molar-refractivity contribution in [2.24, 2.45) is 0 Å². The van der Waals surface area contributed by atoms with Crippen molar-refractivity contribution < 1.29 is 43.0 Å². The van der Waals surface area contributed by atoms with Gasteiger partial charge in [0.05, 0.1) is 6.61 Å². The highest BCUT2D eigenvalue weighted by Crippen LogP contribution is 2.21. The summed E-state index contributed by atoms with van der Waals surface area (Å²) >= 11 is 0. The molecule has 0 saturated carbocycles. The van der Waals surface area contributed by atoms with E-state index in [9.17, 15) is 47.9 Å². The van der Waals surface area contributed by atoms with Crippen LogP contribution in [0.5, 0.6) is 0 Å². The summed E-state index contributed by atoms with van der Waals surface area (Å²) in [6.07, 6.45) is 48.3. The molecule has 0 saturated heterocycles. The third-order valence-corrected chi connectivity index (χ3v) is 20.7. The number of amides is 6. The molecule has 27 nitrogen and oxygen atoms in total. The SMILES string of the molecule is CCCCCCCCn1cc(NC(=O)OC(C)(C)C)c(=O)c(C(=O)Nc2cn(CCCCCCCC)cc(C(=O)Nc3cn(CCCCCCCC)cc(C(=O)Nc4cn(CCCCCCCC)cc(C(=O)Nc5cn(CCCCCCCC)cc(C(=O)Nc6cn(CCCCCCCC)cc(C(=O)OCC)c6=O)c5=O)c4=O)c3=O)c2=O)c1. The largest absolute Gasteiger partial charge is 0.462 e. The maximum Gasteiger partial charge on any atom is 0.412 e. The van der Waals surface area contributed by atoms with Crippen molar-refractivity contribution in [3.05, 3.63) is 169 Å². The van der Waals surface area contributed by atoms with Gasteiger partial charge in [0.25, 0.3) is 29.5 Å². The normalized spacial score (nSPS) is 11.3. The van der Waals surface area contributed by atoms with Crippen LogP contribution in [0.2, 0.25) is 0 Å². The second kappa shape index (κ2) is 51.9. The summed E-state index contributed by atoms with van der Waals surface area (Å²) in [5, 5.41) is 15.5. The van der Waals surface area contributed by atoms with E-state index in [4.69, 9.17) is 9.47 Å². The lowest BCUT2D eigenvalue weighted by molar-refractivity contribution is 0.0522. The molecule has 6 aromatic heterocycles. The van der Waals surface area contributed by atoms with Gasteiger partial charge < -0.3 is 63.5 Å². The van der Waals surface area contributed by atoms with Crippen molar-refractivity contribution in [1.29, 1.82) is 0 Å². The Balaban J connectivity index is 1.42. The molecule has 0 radical (unpaired) electrons. The summed E-state index contributed by atoms with van der Waals surface area (Å²) in [5.74, 6) is -6.16. The molecule has 0 unspecified atom stereocenters. The number of aromatic nitrogens is 6. The first-order valence-electron chi connectivity index (χ1n) is 44.0. The van der Waals surface area contributed by atoms with Gasteiger partial charge in [-0.15, -0.1) is 0 Å². The highest BCUT2D eigenvalue weighted by atomic mass is 16.6. The van der Waals surface area contributed by atoms with E-state index in [1.165, 1.54) is 74.4 Å². The smallest absolute Gasteiger partial charge is 0.412 e. The lowest BCUT2D eigenvalue weighted by atomic mass is 10.1. The molecule has 118 heavy (non-hydrogen) atoms. The standard InChI is InChI=1S/C91H134N12O15/c1-11-18-24-30-36-42-48-98-54-66(78(104)73(61-98)93-86(112)68-56-100(50-44-38-32-26-20-13-3)63-75(80(68)106)95-88(114)70-58-102(52-46-40-34-28-22-15-5)65-77(82(70)108)97-90(116)118-91(8,9)10)84(110)92-72-60-99(49-43-37-31-25-19-12-2)55-67(79(72)105)85(111)94-74-62-101(51-45-39-33-27-21-14-4)57-69(81(74)107)87(113)96-76-64-103(53-47-41-35-29-23-16-6)59-71(83(76)109)89(115)117-17-7/h54-65H,11-53H2,1-10H3,(H,92,110)(H,93,112)(H,94,111)(H,95,114)(H,96,113)(H,97,116). The van der Waals surface area contributed by atoms with Gasteiger partial charge in [-0.3, -0.25) is 58.1 Å². The molecule has 6 amide bonds. The zero-order valence-electron chi connectivity index (χ0n) is 72.1. The lowest BCUT2D eigenvalue weighted by Gasteiger charge is -2.20. The maximum absolute atomic E-state index is 15.1. The number of hydrogen-bond donors (Lipinski definition) is 6. The number of aryl methyl sites for hydroxylation is 6. The van der Waals surface area contributed by atoms with Crippen LogP contribution in [0.25, 0.3) is 0 Å². The summed E-state index contributed by atoms with van der Waals surface area (Å²) in [7, 11) is 0. The Morgan fingerprint density at radius 3 is 0.627 bits per heavy atom. The first kappa shape index (κ1) is 96.6. The third-order valence-electron chi connectivity index (χ3n) is 20.7. The number of ether oxygens (including phenoxy) is 2. The van der Waals surface area contributed by atoms with Gasteiger partial charge in [0.2, 0.25) is 32.6 Å². The van der Waals surface area contributed by atoms with Crippen molar-refractivity contribution in [2.75, 3.05) is 38.5 Å². The Morgan fingerprint density at radius 1 is 0.254 bits per heavy atom. The van der Waals surface area contributed by atoms with Crippen molar-refractivity contribution >= 4 is 75.7 Å². The molecule has 0 aliphatic rings. The molecule has 0 bridgehead atoms. The predicted octanol–water partition coefficient (Wildman–Crippen LogP) is 18.6. The molecule has 6 aromatic rings. The van der Waals surface area contributed by atoms with Gasteiger partial charge in [0, 0.05) is 114 Å². The number of rotatable bonds is 55. The van der Waals surface area contributed by atoms with E-state index in [-0.39, 0.29) is 54.6 Å². The fraction of sp³-hybridized carbons (Fsp3) is 0.593. The van der Waals surface area contributed by atoms with Crippen molar-refractivity contribution in [3.63, 3.8) is 0 Å². The lowest BCUT2D eigenvalue weighted by Crippen LogP contribution is -2.33. The van der Waals surface area contributed by atoms with Gasteiger partial charge in [0.1, 0.15) is 73.1 Å². The quantitative estimate of drug-likeness (QED) is 0.0153. The fourth-order valence-corrected chi connectivity index (χ4v) is 14.1. The highest BCUT2D eigenvalue weighted by molar-refractivity contribution is 6.10. The average molecular weight is 1640 g/mol. The number of unbranched alkanes of at least 4 members (excludes halogenated alkanes) is 30. The van der Waals surface area contributed by atoms with Crippen LogP contribution in [-0.2, 0) is 48.7 Å².